The van der Waals surface area contributed by atoms with E-state index in [1.165, 1.54) is 17.6 Å². The highest BCUT2D eigenvalue weighted by Crippen LogP contribution is 2.32. The van der Waals surface area contributed by atoms with E-state index in [1.807, 2.05) is 12.1 Å². The van der Waals surface area contributed by atoms with E-state index in [0.717, 1.165) is 4.90 Å². The number of halogens is 2. The van der Waals surface area contributed by atoms with Crippen LogP contribution in [0, 0.1) is 0 Å². The van der Waals surface area contributed by atoms with E-state index >= 15 is 0 Å². The number of aliphatic hydroxyl groups is 2. The summed E-state index contributed by atoms with van der Waals surface area (Å²) in [6.45, 7) is 0.0343. The Morgan fingerprint density at radius 1 is 1.08 bits per heavy atom. The Kier molecular flexibility index (Phi) is 8.94. The second-order valence-corrected chi connectivity index (χ2v) is 6.51. The van der Waals surface area contributed by atoms with Gasteiger partial charge in [0.1, 0.15) is 36.6 Å². The molecule has 0 aliphatic rings. The number of ether oxygens (including phenoxy) is 2. The molecule has 0 aromatic heterocycles. The van der Waals surface area contributed by atoms with Crippen molar-refractivity contribution >= 4 is 35.2 Å². The Hall–Kier alpha value is -1.57. The molecule has 1 unspecified atom stereocenters. The lowest BCUT2D eigenvalue weighted by molar-refractivity contribution is 0.0536. The molecular formula is C18H18Cl2O5S. The van der Waals surface area contributed by atoms with Crippen molar-refractivity contribution in [3.63, 3.8) is 0 Å². The van der Waals surface area contributed by atoms with Crippen LogP contribution in [0.25, 0.3) is 0 Å². The average Bonchev–Trinajstić information content (AvgIpc) is 2.67. The van der Waals surface area contributed by atoms with Crippen molar-refractivity contribution in [3.8, 4) is 17.2 Å². The molecule has 0 spiro atoms. The maximum atomic E-state index is 9.26. The van der Waals surface area contributed by atoms with Crippen molar-refractivity contribution in [2.75, 3.05) is 19.8 Å². The molecular weight excluding hydrogens is 399 g/mol. The minimum Gasteiger partial charge on any atom is -0.491 e. The summed E-state index contributed by atoms with van der Waals surface area (Å²) in [7, 11) is 0. The van der Waals surface area contributed by atoms with Gasteiger partial charge in [0, 0.05) is 16.5 Å². The van der Waals surface area contributed by atoms with Crippen LogP contribution in [0.4, 0.5) is 0 Å². The molecule has 1 atom stereocenters. The van der Waals surface area contributed by atoms with Gasteiger partial charge in [-0.1, -0.05) is 23.2 Å². The molecule has 2 rings (SSSR count). The number of hydrogen-bond acceptors (Lipinski definition) is 6. The van der Waals surface area contributed by atoms with Crippen molar-refractivity contribution < 1.29 is 23.9 Å². The molecule has 0 heterocycles. The fourth-order valence-corrected chi connectivity index (χ4v) is 2.60. The second-order valence-electron chi connectivity index (χ2n) is 5.05. The van der Waals surface area contributed by atoms with E-state index < -0.39 is 6.10 Å². The summed E-state index contributed by atoms with van der Waals surface area (Å²) in [6, 6.07) is 12.3. The predicted molar refractivity (Wildman–Crippen MR) is 103 cm³/mol. The molecule has 0 bridgehead atoms. The van der Waals surface area contributed by atoms with Gasteiger partial charge in [-0.3, -0.25) is 0 Å². The third kappa shape index (κ3) is 6.97. The highest BCUT2D eigenvalue weighted by Gasteiger charge is 2.06. The topological polar surface area (TPSA) is 68.2 Å². The molecule has 2 aromatic carbocycles. The maximum absolute atomic E-state index is 9.26. The molecule has 0 saturated carbocycles. The van der Waals surface area contributed by atoms with Gasteiger partial charge < -0.3 is 23.9 Å². The van der Waals surface area contributed by atoms with Gasteiger partial charge in [0.2, 0.25) is 0 Å². The summed E-state index contributed by atoms with van der Waals surface area (Å²) in [6.07, 6.45) is 0.769. The zero-order valence-electron chi connectivity index (χ0n) is 13.7. The van der Waals surface area contributed by atoms with E-state index in [0.29, 0.717) is 28.9 Å². The van der Waals surface area contributed by atoms with Crippen LogP contribution in [0.5, 0.6) is 17.2 Å². The van der Waals surface area contributed by atoms with Gasteiger partial charge in [0.15, 0.2) is 0 Å². The molecule has 0 amide bonds. The Morgan fingerprint density at radius 2 is 1.81 bits per heavy atom. The van der Waals surface area contributed by atoms with Crippen LogP contribution in [0.15, 0.2) is 59.0 Å². The minimum atomic E-state index is -0.893. The lowest BCUT2D eigenvalue weighted by Gasteiger charge is -2.10. The molecule has 0 aliphatic heterocycles. The molecule has 8 heteroatoms. The van der Waals surface area contributed by atoms with Gasteiger partial charge in [-0.05, 0) is 42.5 Å². The largest absolute Gasteiger partial charge is 0.491 e. The van der Waals surface area contributed by atoms with Crippen LogP contribution in [-0.4, -0.2) is 36.1 Å². The Balaban J connectivity index is 1.85. The average molecular weight is 417 g/mol. The third-order valence-corrected chi connectivity index (χ3v) is 4.25. The van der Waals surface area contributed by atoms with Crippen LogP contribution < -0.4 is 13.7 Å². The van der Waals surface area contributed by atoms with Crippen molar-refractivity contribution in [1.82, 2.24) is 0 Å². The summed E-state index contributed by atoms with van der Waals surface area (Å²) >= 11 is 12.8. The number of aliphatic hydroxyl groups excluding tert-OH is 2. The maximum Gasteiger partial charge on any atom is 0.139 e. The normalized spacial score (nSPS) is 12.2. The van der Waals surface area contributed by atoms with E-state index in [-0.39, 0.29) is 13.2 Å². The highest BCUT2D eigenvalue weighted by atomic mass is 35.5. The summed E-state index contributed by atoms with van der Waals surface area (Å²) < 4.78 is 16.4. The van der Waals surface area contributed by atoms with Crippen molar-refractivity contribution in [2.24, 2.45) is 0 Å². The van der Waals surface area contributed by atoms with E-state index in [9.17, 15) is 5.11 Å². The first-order valence-corrected chi connectivity index (χ1v) is 9.22. The smallest absolute Gasteiger partial charge is 0.139 e. The molecule has 26 heavy (non-hydrogen) atoms. The fourth-order valence-electron chi connectivity index (χ4n) is 1.76. The summed E-state index contributed by atoms with van der Waals surface area (Å²) in [4.78, 5) is 0.865. The van der Waals surface area contributed by atoms with E-state index in [1.54, 1.807) is 36.4 Å². The first kappa shape index (κ1) is 20.7. The van der Waals surface area contributed by atoms with Gasteiger partial charge in [0.25, 0.3) is 0 Å². The molecule has 2 aromatic rings. The number of hydrogen-bond donors (Lipinski definition) is 2. The van der Waals surface area contributed by atoms with Crippen LogP contribution in [-0.2, 0) is 0 Å². The van der Waals surface area contributed by atoms with Gasteiger partial charge >= 0.3 is 0 Å². The molecule has 0 aliphatic carbocycles. The molecule has 0 radical (unpaired) electrons. The first-order valence-electron chi connectivity index (χ1n) is 7.66. The van der Waals surface area contributed by atoms with Crippen molar-refractivity contribution in [1.29, 1.82) is 0 Å². The standard InChI is InChI=1S/C18H18Cl2O5S/c19-8-1-9-23-18-7-4-15(10-17(18)20)25-26-16-5-2-14(3-6-16)24-12-13(22)11-21/h1-8,10,13,21-22H,9,11-12H2/b8-1+. The van der Waals surface area contributed by atoms with Gasteiger partial charge in [0.05, 0.1) is 23.7 Å². The Bertz CT molecular complexity index is 709. The number of benzene rings is 2. The highest BCUT2D eigenvalue weighted by molar-refractivity contribution is 7.95. The second kappa shape index (κ2) is 11.2. The van der Waals surface area contributed by atoms with Crippen LogP contribution >= 0.6 is 35.2 Å². The lowest BCUT2D eigenvalue weighted by atomic mass is 10.3. The van der Waals surface area contributed by atoms with E-state index in [2.05, 4.69) is 0 Å². The number of rotatable bonds is 10. The SMILES string of the molecule is OCC(O)COc1ccc(SOc2ccc(OC/C=C/Cl)c(Cl)c2)cc1. The lowest BCUT2D eigenvalue weighted by Crippen LogP contribution is -2.21. The van der Waals surface area contributed by atoms with Crippen molar-refractivity contribution in [3.05, 3.63) is 59.1 Å². The van der Waals surface area contributed by atoms with Gasteiger partial charge in [-0.25, -0.2) is 0 Å². The molecule has 0 fully saturated rings. The van der Waals surface area contributed by atoms with E-state index in [4.69, 9.17) is 42.0 Å². The third-order valence-electron chi connectivity index (χ3n) is 3.04. The van der Waals surface area contributed by atoms with Gasteiger partial charge in [-0.15, -0.1) is 0 Å². The zero-order chi connectivity index (χ0) is 18.8. The van der Waals surface area contributed by atoms with Crippen molar-refractivity contribution in [2.45, 2.75) is 11.0 Å². The Labute approximate surface area is 166 Å². The Morgan fingerprint density at radius 3 is 2.46 bits per heavy atom. The summed E-state index contributed by atoms with van der Waals surface area (Å²) in [5.74, 6) is 1.73. The summed E-state index contributed by atoms with van der Waals surface area (Å²) in [5.41, 5.74) is 1.38. The predicted octanol–water partition coefficient (Wildman–Crippen LogP) is 4.29. The molecule has 5 nitrogen and oxygen atoms in total. The van der Waals surface area contributed by atoms with Gasteiger partial charge in [-0.2, -0.15) is 0 Å². The quantitative estimate of drug-likeness (QED) is 0.563. The summed E-state index contributed by atoms with van der Waals surface area (Å²) in [5, 5.41) is 18.5. The van der Waals surface area contributed by atoms with Crippen LogP contribution in [0.3, 0.4) is 0 Å². The first-order chi connectivity index (χ1) is 12.6. The van der Waals surface area contributed by atoms with Crippen LogP contribution in [0.1, 0.15) is 0 Å². The monoisotopic (exact) mass is 416 g/mol. The van der Waals surface area contributed by atoms with Crippen LogP contribution in [0.2, 0.25) is 5.02 Å². The fraction of sp³-hybridized carbons (Fsp3) is 0.222. The zero-order valence-corrected chi connectivity index (χ0v) is 16.0. The molecule has 140 valence electrons. The minimum absolute atomic E-state index is 0.0348. The molecule has 2 N–H and O–H groups in total. The molecule has 0 saturated heterocycles.